The van der Waals surface area contributed by atoms with Crippen molar-refractivity contribution >= 4 is 7.82 Å². The van der Waals surface area contributed by atoms with Crippen LogP contribution in [-0.4, -0.2) is 18.1 Å². The number of phosphoric acid groups is 1. The summed E-state index contributed by atoms with van der Waals surface area (Å²) in [7, 11) is -3.86. The van der Waals surface area contributed by atoms with E-state index < -0.39 is 7.82 Å². The minimum absolute atomic E-state index is 0.301. The van der Waals surface area contributed by atoms with Crippen LogP contribution in [0.25, 0.3) is 0 Å². The molecule has 0 unspecified atom stereocenters. The van der Waals surface area contributed by atoms with Gasteiger partial charge >= 0.3 is 7.82 Å². The molecule has 0 amide bonds. The lowest BCUT2D eigenvalue weighted by atomic mass is 10.1. The molecule has 0 aromatic heterocycles. The van der Waals surface area contributed by atoms with Gasteiger partial charge in [-0.15, -0.1) is 13.2 Å². The van der Waals surface area contributed by atoms with Crippen LogP contribution in [0.15, 0.2) is 25.3 Å². The first-order valence-corrected chi connectivity index (χ1v) is 12.5. The highest BCUT2D eigenvalue weighted by atomic mass is 31.2. The van der Waals surface area contributed by atoms with E-state index in [1.54, 1.807) is 0 Å². The van der Waals surface area contributed by atoms with Gasteiger partial charge in [-0.25, -0.2) is 4.57 Å². The highest BCUT2D eigenvalue weighted by molar-refractivity contribution is 7.47. The second kappa shape index (κ2) is 20.3. The first-order chi connectivity index (χ1) is 13.1. The minimum Gasteiger partial charge on any atom is -0.302 e. The van der Waals surface area contributed by atoms with Gasteiger partial charge in [0.1, 0.15) is 0 Å². The predicted octanol–water partition coefficient (Wildman–Crippen LogP) is 7.73. The SMILES string of the molecule is C=CCCCCCCCCCOP(=O)(O)OCCCCCCCCCC=C. The number of phosphoric ester groups is 1. The van der Waals surface area contributed by atoms with E-state index in [9.17, 15) is 9.46 Å². The zero-order valence-corrected chi connectivity index (χ0v) is 18.3. The van der Waals surface area contributed by atoms with Crippen molar-refractivity contribution in [3.8, 4) is 0 Å². The topological polar surface area (TPSA) is 55.8 Å². The van der Waals surface area contributed by atoms with Gasteiger partial charge in [0.25, 0.3) is 0 Å². The average molecular weight is 403 g/mol. The monoisotopic (exact) mass is 402 g/mol. The molecule has 0 spiro atoms. The van der Waals surface area contributed by atoms with Crippen LogP contribution in [0.4, 0.5) is 0 Å². The summed E-state index contributed by atoms with van der Waals surface area (Å²) in [6, 6.07) is 0. The standard InChI is InChI=1S/C22H43O4P/c1-3-5-7-9-11-13-15-17-19-21-25-27(23,24)26-22-20-18-16-14-12-10-8-6-4-2/h3-4H,1-2,5-22H2,(H,23,24). The van der Waals surface area contributed by atoms with Crippen LogP contribution in [0.1, 0.15) is 103 Å². The molecule has 4 nitrogen and oxygen atoms in total. The van der Waals surface area contributed by atoms with Gasteiger partial charge in [0.05, 0.1) is 13.2 Å². The number of rotatable bonds is 22. The van der Waals surface area contributed by atoms with E-state index >= 15 is 0 Å². The summed E-state index contributed by atoms with van der Waals surface area (Å²) in [5, 5.41) is 0. The molecule has 160 valence electrons. The molecule has 0 saturated heterocycles. The smallest absolute Gasteiger partial charge is 0.302 e. The molecular formula is C22H43O4P. The highest BCUT2D eigenvalue weighted by Gasteiger charge is 2.19. The second-order valence-electron chi connectivity index (χ2n) is 7.24. The summed E-state index contributed by atoms with van der Waals surface area (Å²) in [6.45, 7) is 8.05. The molecule has 5 heteroatoms. The van der Waals surface area contributed by atoms with Crippen LogP contribution >= 0.6 is 7.82 Å². The predicted molar refractivity (Wildman–Crippen MR) is 116 cm³/mol. The molecule has 0 bridgehead atoms. The molecule has 1 N–H and O–H groups in total. The van der Waals surface area contributed by atoms with Gasteiger partial charge < -0.3 is 4.89 Å². The van der Waals surface area contributed by atoms with E-state index in [0.29, 0.717) is 13.2 Å². The first kappa shape index (κ1) is 26.6. The first-order valence-electron chi connectivity index (χ1n) is 11.0. The third kappa shape index (κ3) is 21.7. The molecule has 0 aromatic rings. The number of hydrogen-bond acceptors (Lipinski definition) is 3. The van der Waals surface area contributed by atoms with Gasteiger partial charge in [-0.05, 0) is 38.5 Å². The fourth-order valence-electron chi connectivity index (χ4n) is 2.95. The Hall–Kier alpha value is -0.410. The fraction of sp³-hybridized carbons (Fsp3) is 0.818. The summed E-state index contributed by atoms with van der Waals surface area (Å²) in [5.74, 6) is 0. The van der Waals surface area contributed by atoms with Crippen molar-refractivity contribution in [2.45, 2.75) is 103 Å². The summed E-state index contributed by atoms with van der Waals surface area (Å²) < 4.78 is 21.9. The van der Waals surface area contributed by atoms with E-state index in [4.69, 9.17) is 9.05 Å². The van der Waals surface area contributed by atoms with Gasteiger partial charge in [-0.3, -0.25) is 9.05 Å². The van der Waals surface area contributed by atoms with Crippen LogP contribution in [0.2, 0.25) is 0 Å². The maximum Gasteiger partial charge on any atom is 0.472 e. The van der Waals surface area contributed by atoms with Gasteiger partial charge in [-0.1, -0.05) is 76.4 Å². The van der Waals surface area contributed by atoms with Crippen molar-refractivity contribution in [1.82, 2.24) is 0 Å². The minimum atomic E-state index is -3.86. The van der Waals surface area contributed by atoms with Crippen LogP contribution in [0.5, 0.6) is 0 Å². The Balaban J connectivity index is 3.34. The van der Waals surface area contributed by atoms with Gasteiger partial charge in [0.2, 0.25) is 0 Å². The summed E-state index contributed by atoms with van der Waals surface area (Å²) in [4.78, 5) is 9.66. The van der Waals surface area contributed by atoms with Crippen molar-refractivity contribution in [1.29, 1.82) is 0 Å². The molecule has 0 radical (unpaired) electrons. The average Bonchev–Trinajstić information content (AvgIpc) is 2.64. The number of hydrogen-bond donors (Lipinski definition) is 1. The third-order valence-corrected chi connectivity index (χ3v) is 5.63. The quantitative estimate of drug-likeness (QED) is 0.114. The van der Waals surface area contributed by atoms with Gasteiger partial charge in [0.15, 0.2) is 0 Å². The molecule has 0 aliphatic carbocycles. The summed E-state index contributed by atoms with van der Waals surface area (Å²) in [5.41, 5.74) is 0. The van der Waals surface area contributed by atoms with Crippen molar-refractivity contribution in [3.05, 3.63) is 25.3 Å². The van der Waals surface area contributed by atoms with E-state index in [2.05, 4.69) is 13.2 Å². The van der Waals surface area contributed by atoms with E-state index in [-0.39, 0.29) is 0 Å². The molecule has 27 heavy (non-hydrogen) atoms. The second-order valence-corrected chi connectivity index (χ2v) is 8.69. The van der Waals surface area contributed by atoms with Gasteiger partial charge in [0, 0.05) is 0 Å². The molecule has 0 fully saturated rings. The lowest BCUT2D eigenvalue weighted by Crippen LogP contribution is -1.99. The molecule has 0 rings (SSSR count). The summed E-state index contributed by atoms with van der Waals surface area (Å²) >= 11 is 0. The molecular weight excluding hydrogens is 359 g/mol. The maximum atomic E-state index is 11.8. The van der Waals surface area contributed by atoms with Crippen LogP contribution in [0.3, 0.4) is 0 Å². The largest absolute Gasteiger partial charge is 0.472 e. The Morgan fingerprint density at radius 3 is 1.22 bits per heavy atom. The van der Waals surface area contributed by atoms with Crippen molar-refractivity contribution in [3.63, 3.8) is 0 Å². The van der Waals surface area contributed by atoms with Crippen LogP contribution < -0.4 is 0 Å². The normalized spacial score (nSPS) is 11.6. The Morgan fingerprint density at radius 1 is 0.593 bits per heavy atom. The maximum absolute atomic E-state index is 11.8. The molecule has 0 heterocycles. The van der Waals surface area contributed by atoms with Crippen molar-refractivity contribution in [2.75, 3.05) is 13.2 Å². The Morgan fingerprint density at radius 2 is 0.889 bits per heavy atom. The molecule has 0 aliphatic rings. The highest BCUT2D eigenvalue weighted by Crippen LogP contribution is 2.43. The van der Waals surface area contributed by atoms with Crippen molar-refractivity contribution in [2.24, 2.45) is 0 Å². The Bertz CT molecular complexity index is 353. The van der Waals surface area contributed by atoms with Crippen LogP contribution in [-0.2, 0) is 13.6 Å². The number of allylic oxidation sites excluding steroid dienone is 2. The van der Waals surface area contributed by atoms with E-state index in [1.807, 2.05) is 12.2 Å². The zero-order chi connectivity index (χ0) is 20.1. The molecule has 0 aliphatic heterocycles. The Labute approximate surface area is 168 Å². The lowest BCUT2D eigenvalue weighted by molar-refractivity contribution is 0.145. The fourth-order valence-corrected chi connectivity index (χ4v) is 3.74. The van der Waals surface area contributed by atoms with E-state index in [0.717, 1.165) is 51.4 Å². The van der Waals surface area contributed by atoms with E-state index in [1.165, 1.54) is 51.4 Å². The van der Waals surface area contributed by atoms with Crippen molar-refractivity contribution < 1.29 is 18.5 Å². The third-order valence-electron chi connectivity index (χ3n) is 4.61. The van der Waals surface area contributed by atoms with Gasteiger partial charge in [-0.2, -0.15) is 0 Å². The zero-order valence-electron chi connectivity index (χ0n) is 17.4. The molecule has 0 saturated carbocycles. The van der Waals surface area contributed by atoms with Crippen LogP contribution in [0, 0.1) is 0 Å². The number of unbranched alkanes of at least 4 members (excludes halogenated alkanes) is 14. The molecule has 0 aromatic carbocycles. The Kier molecular flexibility index (Phi) is 20.0. The lowest BCUT2D eigenvalue weighted by Gasteiger charge is -2.12. The summed E-state index contributed by atoms with van der Waals surface area (Å²) in [6.07, 6.45) is 22.1. The molecule has 0 atom stereocenters.